The Bertz CT molecular complexity index is 311. The smallest absolute Gasteiger partial charge is 0.466 e. The third-order valence-electron chi connectivity index (χ3n) is 2.32. The van der Waals surface area contributed by atoms with Crippen molar-refractivity contribution in [2.45, 2.75) is 24.2 Å². The number of phosphoric ester groups is 1. The minimum Gasteiger partial charge on any atom is -0.466 e. The highest BCUT2D eigenvalue weighted by Gasteiger charge is 2.33. The summed E-state index contributed by atoms with van der Waals surface area (Å²) in [5, 5.41) is 0. The lowest BCUT2D eigenvalue weighted by Crippen LogP contribution is -2.22. The first kappa shape index (κ1) is 16.4. The van der Waals surface area contributed by atoms with Crippen molar-refractivity contribution >= 4 is 36.4 Å². The second-order valence-corrected chi connectivity index (χ2v) is 7.34. The summed E-state index contributed by atoms with van der Waals surface area (Å²) in [6.45, 7) is 4.69. The lowest BCUT2D eigenvalue weighted by atomic mass is 10.1. The average molecular weight is 392 g/mol. The molecule has 1 aliphatic rings. The minimum absolute atomic E-state index is 0.142. The molecule has 1 aliphatic heterocycles. The molecule has 0 bridgehead atoms. The van der Waals surface area contributed by atoms with Crippen molar-refractivity contribution in [3.63, 3.8) is 0 Å². The van der Waals surface area contributed by atoms with E-state index >= 15 is 0 Å². The molecule has 1 rings (SSSR count). The van der Waals surface area contributed by atoms with E-state index in [1.807, 2.05) is 0 Å². The number of halogens is 1. The molecule has 6 nitrogen and oxygen atoms in total. The molecule has 0 spiro atoms. The van der Waals surface area contributed by atoms with Crippen LogP contribution in [0.5, 0.6) is 0 Å². The predicted octanol–water partition coefficient (Wildman–Crippen LogP) is 2.55. The van der Waals surface area contributed by atoms with E-state index < -0.39 is 7.82 Å². The average Bonchev–Trinajstić information content (AvgIpc) is 2.33. The summed E-state index contributed by atoms with van der Waals surface area (Å²) in [6, 6.07) is 0. The normalized spacial score (nSPS) is 29.8. The van der Waals surface area contributed by atoms with Gasteiger partial charge in [-0.2, -0.15) is 0 Å². The van der Waals surface area contributed by atoms with Crippen LogP contribution in [-0.4, -0.2) is 36.3 Å². The zero-order valence-electron chi connectivity index (χ0n) is 10.5. The van der Waals surface area contributed by atoms with Crippen LogP contribution in [0.4, 0.5) is 0 Å². The van der Waals surface area contributed by atoms with Gasteiger partial charge in [-0.05, 0) is 13.3 Å². The molecule has 1 saturated heterocycles. The number of hydrogen-bond acceptors (Lipinski definition) is 6. The molecule has 8 heteroatoms. The number of alkyl halides is 1. The Morgan fingerprint density at radius 3 is 2.67 bits per heavy atom. The summed E-state index contributed by atoms with van der Waals surface area (Å²) in [5.41, 5.74) is 0. The van der Waals surface area contributed by atoms with E-state index in [0.29, 0.717) is 26.2 Å². The van der Waals surface area contributed by atoms with Crippen LogP contribution in [0.15, 0.2) is 0 Å². The fraction of sp³-hybridized carbons (Fsp3) is 0.900. The van der Waals surface area contributed by atoms with Crippen LogP contribution >= 0.6 is 30.4 Å². The van der Waals surface area contributed by atoms with Gasteiger partial charge in [0.15, 0.2) is 0 Å². The summed E-state index contributed by atoms with van der Waals surface area (Å²) >= 11 is 2.15. The number of phosphoric acid groups is 1. The van der Waals surface area contributed by atoms with E-state index in [2.05, 4.69) is 22.6 Å². The second kappa shape index (κ2) is 7.79. The quantitative estimate of drug-likeness (QED) is 0.300. The van der Waals surface area contributed by atoms with Crippen LogP contribution < -0.4 is 0 Å². The molecule has 106 valence electrons. The summed E-state index contributed by atoms with van der Waals surface area (Å²) in [6.07, 6.45) is 0.420. The van der Waals surface area contributed by atoms with Crippen LogP contribution in [0.1, 0.15) is 20.3 Å². The van der Waals surface area contributed by atoms with Gasteiger partial charge in [0.1, 0.15) is 0 Å². The van der Waals surface area contributed by atoms with Gasteiger partial charge in [0, 0.05) is 0 Å². The Hall–Kier alpha value is 0.310. The first-order valence-electron chi connectivity index (χ1n) is 5.81. The van der Waals surface area contributed by atoms with E-state index in [-0.39, 0.29) is 22.4 Å². The van der Waals surface area contributed by atoms with Gasteiger partial charge >= 0.3 is 13.8 Å². The number of carbonyl (C=O) groups excluding carboxylic acids is 1. The van der Waals surface area contributed by atoms with E-state index in [9.17, 15) is 9.36 Å². The minimum atomic E-state index is -3.41. The van der Waals surface area contributed by atoms with Gasteiger partial charge in [0.05, 0.1) is 36.3 Å². The first-order chi connectivity index (χ1) is 8.47. The lowest BCUT2D eigenvalue weighted by molar-refractivity contribution is -0.147. The molecule has 1 fully saturated rings. The molecule has 18 heavy (non-hydrogen) atoms. The zero-order valence-corrected chi connectivity index (χ0v) is 13.5. The molecule has 1 heterocycles. The zero-order chi connectivity index (χ0) is 13.6. The molecule has 1 atom stereocenters. The highest BCUT2D eigenvalue weighted by molar-refractivity contribution is 14.1. The highest BCUT2D eigenvalue weighted by Crippen LogP contribution is 2.52. The van der Waals surface area contributed by atoms with E-state index in [1.54, 1.807) is 13.8 Å². The van der Waals surface area contributed by atoms with E-state index in [1.165, 1.54) is 0 Å². The summed E-state index contributed by atoms with van der Waals surface area (Å²) in [7, 11) is -3.41. The highest BCUT2D eigenvalue weighted by atomic mass is 127. The van der Waals surface area contributed by atoms with Crippen molar-refractivity contribution in [3.05, 3.63) is 0 Å². The number of hydrogen-bond donors (Lipinski definition) is 0. The Morgan fingerprint density at radius 2 is 2.11 bits per heavy atom. The fourth-order valence-corrected chi connectivity index (χ4v) is 3.45. The maximum absolute atomic E-state index is 11.9. The molecule has 0 aromatic rings. The molecule has 0 unspecified atom stereocenters. The molecular formula is C10H18IO6P. The van der Waals surface area contributed by atoms with Crippen molar-refractivity contribution in [3.8, 4) is 0 Å². The summed E-state index contributed by atoms with van der Waals surface area (Å²) < 4.78 is 32.1. The van der Waals surface area contributed by atoms with Gasteiger partial charge in [0.2, 0.25) is 0 Å². The number of ether oxygens (including phenoxy) is 1. The number of rotatable bonds is 6. The molecule has 0 amide bonds. The van der Waals surface area contributed by atoms with Gasteiger partial charge in [-0.3, -0.25) is 18.4 Å². The first-order valence-corrected chi connectivity index (χ1v) is 8.52. The Balaban J connectivity index is 2.25. The monoisotopic (exact) mass is 392 g/mol. The Labute approximate surface area is 120 Å². The molecule has 0 N–H and O–H groups in total. The Kier molecular flexibility index (Phi) is 7.08. The van der Waals surface area contributed by atoms with Crippen molar-refractivity contribution in [1.29, 1.82) is 0 Å². The van der Waals surface area contributed by atoms with Crippen LogP contribution in [0, 0.1) is 5.92 Å². The molecule has 0 aliphatic carbocycles. The number of carbonyl (C=O) groups is 1. The van der Waals surface area contributed by atoms with Crippen molar-refractivity contribution in [2.75, 3.05) is 26.4 Å². The second-order valence-electron chi connectivity index (χ2n) is 3.91. The van der Waals surface area contributed by atoms with Crippen molar-refractivity contribution in [1.82, 2.24) is 0 Å². The molecule has 0 aromatic carbocycles. The van der Waals surface area contributed by atoms with Gasteiger partial charge in [0.25, 0.3) is 0 Å². The van der Waals surface area contributed by atoms with E-state index in [4.69, 9.17) is 18.3 Å². The van der Waals surface area contributed by atoms with Gasteiger partial charge in [-0.15, -0.1) is 0 Å². The Morgan fingerprint density at radius 1 is 1.50 bits per heavy atom. The van der Waals surface area contributed by atoms with Crippen LogP contribution in [-0.2, 0) is 27.7 Å². The molecule has 0 saturated carbocycles. The van der Waals surface area contributed by atoms with Crippen LogP contribution in [0.3, 0.4) is 0 Å². The van der Waals surface area contributed by atoms with Crippen molar-refractivity contribution in [2.24, 2.45) is 5.92 Å². The van der Waals surface area contributed by atoms with Gasteiger partial charge in [-0.25, -0.2) is 4.57 Å². The molecule has 0 aromatic heterocycles. The predicted molar refractivity (Wildman–Crippen MR) is 73.7 cm³/mol. The van der Waals surface area contributed by atoms with Gasteiger partial charge in [-0.1, -0.05) is 29.5 Å². The van der Waals surface area contributed by atoms with E-state index in [0.717, 1.165) is 0 Å². The third kappa shape index (κ3) is 5.52. The van der Waals surface area contributed by atoms with Crippen LogP contribution in [0.2, 0.25) is 0 Å². The molecule has 0 radical (unpaired) electrons. The van der Waals surface area contributed by atoms with Crippen LogP contribution in [0.25, 0.3) is 0 Å². The molecular weight excluding hydrogens is 374 g/mol. The maximum atomic E-state index is 11.9. The lowest BCUT2D eigenvalue weighted by Gasteiger charge is -2.25. The standard InChI is InChI=1S/C10H18IO6P/c1-3-14-10(12)8(2)4-5-15-18(13)16-6-9(11)7-17-18/h8-9H,3-7H2,1-2H3/t8-,9?,18?/m0/s1. The summed E-state index contributed by atoms with van der Waals surface area (Å²) in [4.78, 5) is 11.3. The summed E-state index contributed by atoms with van der Waals surface area (Å²) in [5.74, 6) is -0.573. The maximum Gasteiger partial charge on any atom is 0.474 e. The van der Waals surface area contributed by atoms with Crippen molar-refractivity contribution < 1.29 is 27.7 Å². The fourth-order valence-electron chi connectivity index (χ4n) is 1.25. The SMILES string of the molecule is CCOC(=O)[C@@H](C)CCOP1(=O)OCC(I)CO1. The largest absolute Gasteiger partial charge is 0.474 e. The topological polar surface area (TPSA) is 71.1 Å². The third-order valence-corrected chi connectivity index (χ3v) is 4.46. The number of esters is 1. The van der Waals surface area contributed by atoms with Gasteiger partial charge < -0.3 is 4.74 Å².